The van der Waals surface area contributed by atoms with E-state index in [0.717, 1.165) is 17.1 Å². The van der Waals surface area contributed by atoms with Gasteiger partial charge < -0.3 is 4.90 Å². The largest absolute Gasteiger partial charge is 0.311 e. The zero-order chi connectivity index (χ0) is 34.4. The summed E-state index contributed by atoms with van der Waals surface area (Å²) in [4.78, 5) is 2.35. The molecule has 0 N–H and O–H groups in total. The summed E-state index contributed by atoms with van der Waals surface area (Å²) in [5.41, 5.74) is 10.6. The van der Waals surface area contributed by atoms with E-state index < -0.39 is 0 Å². The predicted molar refractivity (Wildman–Crippen MR) is 225 cm³/mol. The van der Waals surface area contributed by atoms with Gasteiger partial charge in [0.05, 0.1) is 0 Å². The minimum atomic E-state index is 1.11. The summed E-state index contributed by atoms with van der Waals surface area (Å²) < 4.78 is 2.68. The van der Waals surface area contributed by atoms with E-state index in [1.165, 1.54) is 75.1 Å². The molecule has 1 nitrogen and oxygen atoms in total. The Bertz CT molecular complexity index is 2860. The fourth-order valence-electron chi connectivity index (χ4n) is 7.60. The van der Waals surface area contributed by atoms with Crippen LogP contribution in [0.2, 0.25) is 0 Å². The van der Waals surface area contributed by atoms with Crippen LogP contribution in [-0.2, 0) is 0 Å². The molecule has 1 heterocycles. The van der Waals surface area contributed by atoms with Gasteiger partial charge in [0, 0.05) is 37.2 Å². The molecule has 0 atom stereocenters. The third kappa shape index (κ3) is 5.42. The number of anilines is 3. The maximum absolute atomic E-state index is 2.37. The molecule has 0 amide bonds. The summed E-state index contributed by atoms with van der Waals surface area (Å²) in [6.07, 6.45) is 0. The average molecular weight is 680 g/mol. The summed E-state index contributed by atoms with van der Waals surface area (Å²) in [5, 5.41) is 7.73. The first-order chi connectivity index (χ1) is 25.7. The molecule has 52 heavy (non-hydrogen) atoms. The third-order valence-electron chi connectivity index (χ3n) is 10.3. The van der Waals surface area contributed by atoms with Gasteiger partial charge in [0.1, 0.15) is 0 Å². The maximum Gasteiger partial charge on any atom is 0.0462 e. The molecule has 0 aliphatic carbocycles. The highest BCUT2D eigenvalue weighted by molar-refractivity contribution is 7.25. The molecule has 10 aromatic rings. The molecule has 244 valence electrons. The van der Waals surface area contributed by atoms with E-state index in [-0.39, 0.29) is 0 Å². The lowest BCUT2D eigenvalue weighted by molar-refractivity contribution is 1.28. The number of thiophene rings is 1. The first kappa shape index (κ1) is 30.4. The topological polar surface area (TPSA) is 3.24 Å². The Labute approximate surface area is 307 Å². The number of hydrogen-bond acceptors (Lipinski definition) is 2. The molecule has 0 unspecified atom stereocenters. The predicted octanol–water partition coefficient (Wildman–Crippen LogP) is 14.8. The highest BCUT2D eigenvalue weighted by Crippen LogP contribution is 2.40. The maximum atomic E-state index is 2.37. The van der Waals surface area contributed by atoms with Gasteiger partial charge in [-0.3, -0.25) is 0 Å². The SMILES string of the molecule is c1ccc(-c2ccc(N(c3ccc(-c4ccc5cc6sc7ccccc7c6cc5c4)cc3)c3ccc(-c4cccc5ccccc45)cc3)cc2)cc1. The van der Waals surface area contributed by atoms with Gasteiger partial charge in [-0.1, -0.05) is 140 Å². The summed E-state index contributed by atoms with van der Waals surface area (Å²) in [6.45, 7) is 0. The van der Waals surface area contributed by atoms with Crippen LogP contribution in [0.1, 0.15) is 0 Å². The fraction of sp³-hybridized carbons (Fsp3) is 0. The van der Waals surface area contributed by atoms with Crippen molar-refractivity contribution in [3.63, 3.8) is 0 Å². The second kappa shape index (κ2) is 12.7. The molecule has 0 radical (unpaired) electrons. The third-order valence-corrected chi connectivity index (χ3v) is 11.4. The van der Waals surface area contributed by atoms with Crippen LogP contribution in [0.3, 0.4) is 0 Å². The quantitative estimate of drug-likeness (QED) is 0.169. The van der Waals surface area contributed by atoms with Gasteiger partial charge in [-0.25, -0.2) is 0 Å². The van der Waals surface area contributed by atoms with Crippen molar-refractivity contribution in [2.45, 2.75) is 0 Å². The highest BCUT2D eigenvalue weighted by atomic mass is 32.1. The zero-order valence-corrected chi connectivity index (χ0v) is 29.2. The standard InChI is InChI=1S/C50H33NS/c1-2-9-34(10-3-1)35-19-25-42(26-20-35)51(44-29-23-38(24-30-44)46-15-8-12-37-11-4-5-13-45(37)46)43-27-21-36(22-28-43)39-17-18-40-33-50-48(32-41(40)31-39)47-14-6-7-16-49(47)52-50/h1-33H. The fourth-order valence-corrected chi connectivity index (χ4v) is 8.74. The number of hydrogen-bond donors (Lipinski definition) is 0. The van der Waals surface area contributed by atoms with Crippen molar-refractivity contribution in [1.29, 1.82) is 0 Å². The lowest BCUT2D eigenvalue weighted by Crippen LogP contribution is -2.09. The Hall–Kier alpha value is -6.48. The van der Waals surface area contributed by atoms with Crippen molar-refractivity contribution in [2.75, 3.05) is 4.90 Å². The molecule has 0 spiro atoms. The molecule has 10 rings (SSSR count). The summed E-state index contributed by atoms with van der Waals surface area (Å²) in [6, 6.07) is 72.9. The molecular formula is C50H33NS. The molecule has 0 saturated heterocycles. The zero-order valence-electron chi connectivity index (χ0n) is 28.4. The Morgan fingerprint density at radius 3 is 1.58 bits per heavy atom. The van der Waals surface area contributed by atoms with Crippen molar-refractivity contribution in [3.05, 3.63) is 200 Å². The van der Waals surface area contributed by atoms with Gasteiger partial charge in [-0.05, 0) is 116 Å². The Morgan fingerprint density at radius 2 is 0.846 bits per heavy atom. The Balaban J connectivity index is 1.03. The van der Waals surface area contributed by atoms with Gasteiger partial charge in [0.25, 0.3) is 0 Å². The van der Waals surface area contributed by atoms with Crippen molar-refractivity contribution in [2.24, 2.45) is 0 Å². The minimum Gasteiger partial charge on any atom is -0.311 e. The molecule has 0 bridgehead atoms. The van der Waals surface area contributed by atoms with Crippen LogP contribution >= 0.6 is 11.3 Å². The molecule has 9 aromatic carbocycles. The minimum absolute atomic E-state index is 1.11. The highest BCUT2D eigenvalue weighted by Gasteiger charge is 2.15. The van der Waals surface area contributed by atoms with Crippen molar-refractivity contribution >= 4 is 70.1 Å². The van der Waals surface area contributed by atoms with E-state index in [0.29, 0.717) is 0 Å². The lowest BCUT2D eigenvalue weighted by Gasteiger charge is -2.26. The Morgan fingerprint density at radius 1 is 0.288 bits per heavy atom. The molecule has 0 saturated carbocycles. The summed E-state index contributed by atoms with van der Waals surface area (Å²) in [5.74, 6) is 0. The first-order valence-corrected chi connectivity index (χ1v) is 18.6. The second-order valence-corrected chi connectivity index (χ2v) is 14.5. The molecule has 0 aliphatic rings. The molecule has 0 fully saturated rings. The van der Waals surface area contributed by atoms with Gasteiger partial charge in [-0.2, -0.15) is 0 Å². The van der Waals surface area contributed by atoms with Crippen LogP contribution in [0.5, 0.6) is 0 Å². The molecular weight excluding hydrogens is 647 g/mol. The van der Waals surface area contributed by atoms with Crippen LogP contribution in [0.4, 0.5) is 17.1 Å². The van der Waals surface area contributed by atoms with E-state index >= 15 is 0 Å². The van der Waals surface area contributed by atoms with Crippen LogP contribution in [0.15, 0.2) is 200 Å². The monoisotopic (exact) mass is 679 g/mol. The molecule has 0 aliphatic heterocycles. The van der Waals surface area contributed by atoms with Gasteiger partial charge in [0.15, 0.2) is 0 Å². The van der Waals surface area contributed by atoms with E-state index in [9.17, 15) is 0 Å². The lowest BCUT2D eigenvalue weighted by atomic mass is 9.98. The smallest absolute Gasteiger partial charge is 0.0462 e. The van der Waals surface area contributed by atoms with Gasteiger partial charge in [-0.15, -0.1) is 11.3 Å². The number of rotatable bonds is 6. The average Bonchev–Trinajstić information content (AvgIpc) is 3.58. The van der Waals surface area contributed by atoms with Crippen LogP contribution in [0, 0.1) is 0 Å². The van der Waals surface area contributed by atoms with Crippen LogP contribution in [-0.4, -0.2) is 0 Å². The van der Waals surface area contributed by atoms with Crippen molar-refractivity contribution in [1.82, 2.24) is 0 Å². The molecule has 2 heteroatoms. The van der Waals surface area contributed by atoms with Crippen LogP contribution in [0.25, 0.3) is 75.1 Å². The van der Waals surface area contributed by atoms with Crippen LogP contribution < -0.4 is 4.90 Å². The van der Waals surface area contributed by atoms with Gasteiger partial charge >= 0.3 is 0 Å². The summed E-state index contributed by atoms with van der Waals surface area (Å²) >= 11 is 1.87. The van der Waals surface area contributed by atoms with E-state index in [4.69, 9.17) is 0 Å². The van der Waals surface area contributed by atoms with E-state index in [1.807, 2.05) is 11.3 Å². The summed E-state index contributed by atoms with van der Waals surface area (Å²) in [7, 11) is 0. The Kier molecular flexibility index (Phi) is 7.41. The second-order valence-electron chi connectivity index (χ2n) is 13.4. The van der Waals surface area contributed by atoms with E-state index in [2.05, 4.69) is 205 Å². The normalized spacial score (nSPS) is 11.5. The van der Waals surface area contributed by atoms with Crippen molar-refractivity contribution in [3.8, 4) is 33.4 Å². The van der Waals surface area contributed by atoms with E-state index in [1.54, 1.807) is 0 Å². The van der Waals surface area contributed by atoms with Gasteiger partial charge in [0.2, 0.25) is 0 Å². The first-order valence-electron chi connectivity index (χ1n) is 17.7. The number of benzene rings is 9. The number of nitrogens with zero attached hydrogens (tertiary/aromatic N) is 1. The molecule has 1 aromatic heterocycles. The van der Waals surface area contributed by atoms with Crippen molar-refractivity contribution < 1.29 is 0 Å². The number of fused-ring (bicyclic) bond motifs is 5.